The van der Waals surface area contributed by atoms with Gasteiger partial charge in [-0.2, -0.15) is 0 Å². The van der Waals surface area contributed by atoms with E-state index in [1.807, 2.05) is 0 Å². The van der Waals surface area contributed by atoms with E-state index in [1.54, 1.807) is 0 Å². The number of carbonyl (C=O) groups is 1. The van der Waals surface area contributed by atoms with Crippen LogP contribution in [0, 0.1) is 5.92 Å². The molecule has 3 heteroatoms. The SMILES string of the molecule is CC1CCN(C(C)CNC(=O)CC2CCc3ccccc32)CC1. The quantitative estimate of drug-likeness (QED) is 0.904. The van der Waals surface area contributed by atoms with E-state index >= 15 is 0 Å². The van der Waals surface area contributed by atoms with Gasteiger partial charge in [-0.1, -0.05) is 31.2 Å². The molecular formula is C20H30N2O. The van der Waals surface area contributed by atoms with Gasteiger partial charge in [-0.3, -0.25) is 9.69 Å². The van der Waals surface area contributed by atoms with Crippen molar-refractivity contribution in [2.75, 3.05) is 19.6 Å². The zero-order valence-electron chi connectivity index (χ0n) is 14.6. The van der Waals surface area contributed by atoms with E-state index in [9.17, 15) is 4.79 Å². The van der Waals surface area contributed by atoms with Gasteiger partial charge in [0, 0.05) is 19.0 Å². The summed E-state index contributed by atoms with van der Waals surface area (Å²) >= 11 is 0. The number of hydrogen-bond donors (Lipinski definition) is 1. The summed E-state index contributed by atoms with van der Waals surface area (Å²) in [4.78, 5) is 14.8. The van der Waals surface area contributed by atoms with E-state index < -0.39 is 0 Å². The van der Waals surface area contributed by atoms with E-state index in [0.29, 0.717) is 18.4 Å². The van der Waals surface area contributed by atoms with Gasteiger partial charge in [0.2, 0.25) is 5.91 Å². The van der Waals surface area contributed by atoms with Crippen LogP contribution < -0.4 is 5.32 Å². The molecule has 1 amide bonds. The van der Waals surface area contributed by atoms with Crippen LogP contribution in [0.15, 0.2) is 24.3 Å². The topological polar surface area (TPSA) is 32.3 Å². The molecule has 1 aromatic carbocycles. The number of fused-ring (bicyclic) bond motifs is 1. The maximum atomic E-state index is 12.3. The van der Waals surface area contributed by atoms with Crippen molar-refractivity contribution in [3.63, 3.8) is 0 Å². The molecule has 1 saturated heterocycles. The molecule has 2 aliphatic rings. The summed E-state index contributed by atoms with van der Waals surface area (Å²) in [5.74, 6) is 1.48. The Morgan fingerprint density at radius 1 is 1.26 bits per heavy atom. The van der Waals surface area contributed by atoms with Gasteiger partial charge in [-0.05, 0) is 68.7 Å². The average molecular weight is 314 g/mol. The van der Waals surface area contributed by atoms with E-state index in [2.05, 4.69) is 48.3 Å². The molecule has 0 aromatic heterocycles. The Balaban J connectivity index is 1.43. The normalized spacial score (nSPS) is 23.5. The molecule has 1 fully saturated rings. The molecule has 0 spiro atoms. The highest BCUT2D eigenvalue weighted by atomic mass is 16.1. The van der Waals surface area contributed by atoms with Gasteiger partial charge in [-0.15, -0.1) is 0 Å². The van der Waals surface area contributed by atoms with Crippen molar-refractivity contribution in [2.24, 2.45) is 5.92 Å². The van der Waals surface area contributed by atoms with Crippen LogP contribution in [-0.4, -0.2) is 36.5 Å². The van der Waals surface area contributed by atoms with E-state index in [0.717, 1.165) is 25.3 Å². The van der Waals surface area contributed by atoms with Crippen LogP contribution in [0.4, 0.5) is 0 Å². The Morgan fingerprint density at radius 2 is 2.00 bits per heavy atom. The second kappa shape index (κ2) is 7.48. The van der Waals surface area contributed by atoms with Gasteiger partial charge in [0.15, 0.2) is 0 Å². The summed E-state index contributed by atoms with van der Waals surface area (Å²) in [6, 6.07) is 9.03. The number of carbonyl (C=O) groups excluding carboxylic acids is 1. The maximum Gasteiger partial charge on any atom is 0.220 e. The summed E-state index contributed by atoms with van der Waals surface area (Å²) in [5.41, 5.74) is 2.82. The first-order valence-corrected chi connectivity index (χ1v) is 9.22. The van der Waals surface area contributed by atoms with Gasteiger partial charge in [-0.25, -0.2) is 0 Å². The lowest BCUT2D eigenvalue weighted by Crippen LogP contribution is -2.45. The minimum atomic E-state index is 0.212. The predicted octanol–water partition coefficient (Wildman–Crippen LogP) is 3.34. The third-order valence-corrected chi connectivity index (χ3v) is 5.73. The summed E-state index contributed by atoms with van der Waals surface area (Å²) in [6.07, 6.45) is 5.46. The first-order chi connectivity index (χ1) is 11.1. The molecule has 126 valence electrons. The van der Waals surface area contributed by atoms with Crippen molar-refractivity contribution < 1.29 is 4.79 Å². The second-order valence-electron chi connectivity index (χ2n) is 7.51. The van der Waals surface area contributed by atoms with Gasteiger partial charge < -0.3 is 5.32 Å². The fourth-order valence-electron chi connectivity index (χ4n) is 4.01. The molecule has 1 aromatic rings. The zero-order chi connectivity index (χ0) is 16.2. The van der Waals surface area contributed by atoms with Crippen molar-refractivity contribution in [1.82, 2.24) is 10.2 Å². The van der Waals surface area contributed by atoms with Gasteiger partial charge in [0.1, 0.15) is 0 Å². The molecule has 1 N–H and O–H groups in total. The van der Waals surface area contributed by atoms with Crippen molar-refractivity contribution in [3.05, 3.63) is 35.4 Å². The lowest BCUT2D eigenvalue weighted by Gasteiger charge is -2.35. The second-order valence-corrected chi connectivity index (χ2v) is 7.51. The average Bonchev–Trinajstić information content (AvgIpc) is 2.96. The number of amides is 1. The van der Waals surface area contributed by atoms with Gasteiger partial charge in [0.05, 0.1) is 0 Å². The highest BCUT2D eigenvalue weighted by molar-refractivity contribution is 5.77. The number of benzene rings is 1. The molecular weight excluding hydrogens is 284 g/mol. The predicted molar refractivity (Wildman–Crippen MR) is 94.6 cm³/mol. The van der Waals surface area contributed by atoms with Crippen LogP contribution in [-0.2, 0) is 11.2 Å². The van der Waals surface area contributed by atoms with E-state index in [4.69, 9.17) is 0 Å². The monoisotopic (exact) mass is 314 g/mol. The van der Waals surface area contributed by atoms with Crippen LogP contribution in [0.3, 0.4) is 0 Å². The Kier molecular flexibility index (Phi) is 5.37. The van der Waals surface area contributed by atoms with Gasteiger partial charge in [0.25, 0.3) is 0 Å². The minimum Gasteiger partial charge on any atom is -0.355 e. The first-order valence-electron chi connectivity index (χ1n) is 9.22. The molecule has 3 nitrogen and oxygen atoms in total. The molecule has 23 heavy (non-hydrogen) atoms. The summed E-state index contributed by atoms with van der Waals surface area (Å²) < 4.78 is 0. The van der Waals surface area contributed by atoms with Crippen LogP contribution in [0.2, 0.25) is 0 Å². The Bertz CT molecular complexity index is 534. The molecule has 1 aliphatic heterocycles. The van der Waals surface area contributed by atoms with Crippen molar-refractivity contribution >= 4 is 5.91 Å². The zero-order valence-corrected chi connectivity index (χ0v) is 14.6. The maximum absolute atomic E-state index is 12.3. The number of nitrogens with zero attached hydrogens (tertiary/aromatic N) is 1. The van der Waals surface area contributed by atoms with Gasteiger partial charge >= 0.3 is 0 Å². The van der Waals surface area contributed by atoms with Crippen LogP contribution in [0.25, 0.3) is 0 Å². The summed E-state index contributed by atoms with van der Waals surface area (Å²) in [7, 11) is 0. The van der Waals surface area contributed by atoms with Crippen LogP contribution >= 0.6 is 0 Å². The van der Waals surface area contributed by atoms with Crippen LogP contribution in [0.5, 0.6) is 0 Å². The summed E-state index contributed by atoms with van der Waals surface area (Å²) in [5, 5.41) is 3.17. The molecule has 0 bridgehead atoms. The molecule has 3 rings (SSSR count). The van der Waals surface area contributed by atoms with Crippen molar-refractivity contribution in [2.45, 2.75) is 57.9 Å². The van der Waals surface area contributed by atoms with Crippen LogP contribution in [0.1, 0.15) is 56.6 Å². The fourth-order valence-corrected chi connectivity index (χ4v) is 4.01. The molecule has 2 atom stereocenters. The third-order valence-electron chi connectivity index (χ3n) is 5.73. The summed E-state index contributed by atoms with van der Waals surface area (Å²) in [6.45, 7) is 7.70. The lowest BCUT2D eigenvalue weighted by atomic mass is 9.97. The standard InChI is InChI=1S/C20H30N2O/c1-15-9-11-22(12-10-15)16(2)14-21-20(23)13-18-8-7-17-5-3-4-6-19(17)18/h3-6,15-16,18H,7-14H2,1-2H3,(H,21,23). The van der Waals surface area contributed by atoms with Crippen molar-refractivity contribution in [3.8, 4) is 0 Å². The number of rotatable bonds is 5. The molecule has 0 radical (unpaired) electrons. The highest BCUT2D eigenvalue weighted by Crippen LogP contribution is 2.35. The number of likely N-dealkylation sites (tertiary alicyclic amines) is 1. The minimum absolute atomic E-state index is 0.212. The molecule has 1 aliphatic carbocycles. The van der Waals surface area contributed by atoms with Crippen molar-refractivity contribution in [1.29, 1.82) is 0 Å². The van der Waals surface area contributed by atoms with E-state index in [-0.39, 0.29) is 5.91 Å². The lowest BCUT2D eigenvalue weighted by molar-refractivity contribution is -0.121. The van der Waals surface area contributed by atoms with E-state index in [1.165, 1.54) is 37.1 Å². The Morgan fingerprint density at radius 3 is 2.78 bits per heavy atom. The Hall–Kier alpha value is -1.35. The molecule has 1 heterocycles. The fraction of sp³-hybridized carbons (Fsp3) is 0.650. The third kappa shape index (κ3) is 4.14. The first kappa shape index (κ1) is 16.5. The largest absolute Gasteiger partial charge is 0.355 e. The number of aryl methyl sites for hydroxylation is 1. The number of piperidine rings is 1. The Labute approximate surface area is 140 Å². The molecule has 2 unspecified atom stereocenters. The smallest absolute Gasteiger partial charge is 0.220 e. The number of nitrogens with one attached hydrogen (secondary N) is 1. The molecule has 0 saturated carbocycles. The number of hydrogen-bond acceptors (Lipinski definition) is 2. The highest BCUT2D eigenvalue weighted by Gasteiger charge is 2.25.